The van der Waals surface area contributed by atoms with Gasteiger partial charge in [0.1, 0.15) is 16.3 Å². The number of hydrogen-bond acceptors (Lipinski definition) is 6. The van der Waals surface area contributed by atoms with Gasteiger partial charge in [0.25, 0.3) is 5.91 Å². The summed E-state index contributed by atoms with van der Waals surface area (Å²) >= 11 is 1.25. The van der Waals surface area contributed by atoms with Crippen molar-refractivity contribution in [1.29, 1.82) is 0 Å². The van der Waals surface area contributed by atoms with Gasteiger partial charge in [0.15, 0.2) is 0 Å². The SMILES string of the molecule is CCOC(=O)c1c(-c2ccc(OC)cc2)csc1NC(=O)CCNC(=O)c1ccccc1. The molecule has 32 heavy (non-hydrogen) atoms. The molecule has 0 aliphatic heterocycles. The maximum atomic E-state index is 12.6. The van der Waals surface area contributed by atoms with Crippen molar-refractivity contribution in [3.05, 3.63) is 71.1 Å². The van der Waals surface area contributed by atoms with Gasteiger partial charge < -0.3 is 20.1 Å². The first kappa shape index (κ1) is 23.0. The number of benzene rings is 2. The Labute approximate surface area is 190 Å². The summed E-state index contributed by atoms with van der Waals surface area (Å²) in [6.45, 7) is 2.12. The third kappa shape index (κ3) is 5.73. The topological polar surface area (TPSA) is 93.7 Å². The van der Waals surface area contributed by atoms with Crippen LogP contribution in [-0.4, -0.2) is 38.0 Å². The van der Waals surface area contributed by atoms with Crippen LogP contribution in [0, 0.1) is 0 Å². The third-order valence-corrected chi connectivity index (χ3v) is 5.49. The zero-order valence-corrected chi connectivity index (χ0v) is 18.7. The molecule has 2 N–H and O–H groups in total. The molecule has 1 heterocycles. The summed E-state index contributed by atoms with van der Waals surface area (Å²) in [5.41, 5.74) is 2.31. The van der Waals surface area contributed by atoms with Crippen LogP contribution < -0.4 is 15.4 Å². The van der Waals surface area contributed by atoms with E-state index in [0.29, 0.717) is 27.4 Å². The van der Waals surface area contributed by atoms with Crippen LogP contribution in [0.2, 0.25) is 0 Å². The van der Waals surface area contributed by atoms with Crippen LogP contribution in [0.3, 0.4) is 0 Å². The lowest BCUT2D eigenvalue weighted by Gasteiger charge is -2.10. The summed E-state index contributed by atoms with van der Waals surface area (Å²) in [6, 6.07) is 16.1. The fourth-order valence-corrected chi connectivity index (χ4v) is 3.98. The van der Waals surface area contributed by atoms with E-state index < -0.39 is 5.97 Å². The number of rotatable bonds is 9. The minimum absolute atomic E-state index is 0.0661. The molecule has 0 aliphatic carbocycles. The van der Waals surface area contributed by atoms with Crippen molar-refractivity contribution >= 4 is 34.1 Å². The second-order valence-corrected chi connectivity index (χ2v) is 7.60. The highest BCUT2D eigenvalue weighted by atomic mass is 32.1. The summed E-state index contributed by atoms with van der Waals surface area (Å²) in [7, 11) is 1.58. The van der Waals surface area contributed by atoms with E-state index in [4.69, 9.17) is 9.47 Å². The first-order valence-corrected chi connectivity index (χ1v) is 11.0. The molecule has 0 aliphatic rings. The van der Waals surface area contributed by atoms with Crippen LogP contribution in [0.5, 0.6) is 5.75 Å². The summed E-state index contributed by atoms with van der Waals surface area (Å²) < 4.78 is 10.4. The van der Waals surface area contributed by atoms with E-state index in [2.05, 4.69) is 10.6 Å². The molecule has 0 saturated carbocycles. The quantitative estimate of drug-likeness (QED) is 0.471. The van der Waals surface area contributed by atoms with Crippen LogP contribution in [0.1, 0.15) is 34.1 Å². The Morgan fingerprint density at radius 1 is 1.00 bits per heavy atom. The lowest BCUT2D eigenvalue weighted by atomic mass is 10.0. The fraction of sp³-hybridized carbons (Fsp3) is 0.208. The number of anilines is 1. The summed E-state index contributed by atoms with van der Waals surface area (Å²) in [6.07, 6.45) is 0.0661. The Kier molecular flexibility index (Phi) is 7.99. The third-order valence-electron chi connectivity index (χ3n) is 4.60. The second kappa shape index (κ2) is 11.1. The molecule has 0 unspecified atom stereocenters. The molecule has 0 saturated heterocycles. The maximum absolute atomic E-state index is 12.6. The smallest absolute Gasteiger partial charge is 0.341 e. The van der Waals surface area contributed by atoms with Gasteiger partial charge in [-0.05, 0) is 36.8 Å². The van der Waals surface area contributed by atoms with Gasteiger partial charge in [0.05, 0.1) is 13.7 Å². The van der Waals surface area contributed by atoms with Gasteiger partial charge in [-0.2, -0.15) is 0 Å². The molecule has 2 amide bonds. The van der Waals surface area contributed by atoms with Gasteiger partial charge in [-0.3, -0.25) is 9.59 Å². The Morgan fingerprint density at radius 2 is 1.72 bits per heavy atom. The van der Waals surface area contributed by atoms with Crippen molar-refractivity contribution in [3.63, 3.8) is 0 Å². The van der Waals surface area contributed by atoms with E-state index in [9.17, 15) is 14.4 Å². The monoisotopic (exact) mass is 452 g/mol. The minimum Gasteiger partial charge on any atom is -0.497 e. The van der Waals surface area contributed by atoms with Crippen LogP contribution in [0.4, 0.5) is 5.00 Å². The average Bonchev–Trinajstić information content (AvgIpc) is 3.23. The Morgan fingerprint density at radius 3 is 2.38 bits per heavy atom. The molecule has 0 radical (unpaired) electrons. The van der Waals surface area contributed by atoms with Gasteiger partial charge >= 0.3 is 5.97 Å². The normalized spacial score (nSPS) is 10.3. The molecule has 1 aromatic heterocycles. The molecular weight excluding hydrogens is 428 g/mol. The molecule has 3 aromatic rings. The second-order valence-electron chi connectivity index (χ2n) is 6.72. The van der Waals surface area contributed by atoms with E-state index in [-0.39, 0.29) is 31.4 Å². The van der Waals surface area contributed by atoms with Gasteiger partial charge in [0, 0.05) is 29.5 Å². The average molecular weight is 453 g/mol. The summed E-state index contributed by atoms with van der Waals surface area (Å²) in [4.78, 5) is 37.2. The minimum atomic E-state index is -0.507. The van der Waals surface area contributed by atoms with E-state index in [1.807, 2.05) is 18.2 Å². The molecule has 166 valence electrons. The van der Waals surface area contributed by atoms with Crippen LogP contribution in [0.25, 0.3) is 11.1 Å². The number of carbonyl (C=O) groups excluding carboxylic acids is 3. The Bertz CT molecular complexity index is 1080. The van der Waals surface area contributed by atoms with E-state index in [1.54, 1.807) is 55.8 Å². The number of nitrogens with one attached hydrogen (secondary N) is 2. The van der Waals surface area contributed by atoms with E-state index in [0.717, 1.165) is 5.56 Å². The van der Waals surface area contributed by atoms with Crippen LogP contribution in [0.15, 0.2) is 60.0 Å². The molecular formula is C24H24N2O5S. The standard InChI is InChI=1S/C24H24N2O5S/c1-3-31-24(29)21-19(16-9-11-18(30-2)12-10-16)15-32-23(21)26-20(27)13-14-25-22(28)17-7-5-4-6-8-17/h4-12,15H,3,13-14H2,1-2H3,(H,25,28)(H,26,27). The highest BCUT2D eigenvalue weighted by Gasteiger charge is 2.23. The Balaban J connectivity index is 1.69. The summed E-state index contributed by atoms with van der Waals surface area (Å²) in [5.74, 6) is -0.365. The number of ether oxygens (including phenoxy) is 2. The molecule has 2 aromatic carbocycles. The van der Waals surface area contributed by atoms with Crippen LogP contribution in [-0.2, 0) is 9.53 Å². The summed E-state index contributed by atoms with van der Waals surface area (Å²) in [5, 5.41) is 7.71. The molecule has 8 heteroatoms. The number of methoxy groups -OCH3 is 1. The number of hydrogen-bond donors (Lipinski definition) is 2. The number of thiophene rings is 1. The Hall–Kier alpha value is -3.65. The highest BCUT2D eigenvalue weighted by molar-refractivity contribution is 7.15. The van der Waals surface area contributed by atoms with Crippen molar-refractivity contribution in [1.82, 2.24) is 5.32 Å². The predicted molar refractivity (Wildman–Crippen MR) is 124 cm³/mol. The van der Waals surface area contributed by atoms with Crippen molar-refractivity contribution < 1.29 is 23.9 Å². The first-order valence-electron chi connectivity index (χ1n) is 10.1. The van der Waals surface area contributed by atoms with Crippen molar-refractivity contribution in [2.24, 2.45) is 0 Å². The van der Waals surface area contributed by atoms with Crippen molar-refractivity contribution in [3.8, 4) is 16.9 Å². The van der Waals surface area contributed by atoms with E-state index in [1.165, 1.54) is 11.3 Å². The molecule has 7 nitrogen and oxygen atoms in total. The zero-order valence-electron chi connectivity index (χ0n) is 17.8. The van der Waals surface area contributed by atoms with Crippen LogP contribution >= 0.6 is 11.3 Å². The zero-order chi connectivity index (χ0) is 22.9. The maximum Gasteiger partial charge on any atom is 0.341 e. The molecule has 3 rings (SSSR count). The van der Waals surface area contributed by atoms with Gasteiger partial charge in [-0.25, -0.2) is 4.79 Å². The predicted octanol–water partition coefficient (Wildman–Crippen LogP) is 4.36. The first-order chi connectivity index (χ1) is 15.5. The van der Waals surface area contributed by atoms with E-state index >= 15 is 0 Å². The highest BCUT2D eigenvalue weighted by Crippen LogP contribution is 2.36. The van der Waals surface area contributed by atoms with Gasteiger partial charge in [0.2, 0.25) is 5.91 Å². The van der Waals surface area contributed by atoms with Gasteiger partial charge in [-0.15, -0.1) is 11.3 Å². The molecule has 0 fully saturated rings. The lowest BCUT2D eigenvalue weighted by molar-refractivity contribution is -0.116. The van der Waals surface area contributed by atoms with Crippen molar-refractivity contribution in [2.75, 3.05) is 25.6 Å². The number of carbonyl (C=O) groups is 3. The fourth-order valence-electron chi connectivity index (χ4n) is 3.01. The lowest BCUT2D eigenvalue weighted by Crippen LogP contribution is -2.27. The molecule has 0 atom stereocenters. The van der Waals surface area contributed by atoms with Crippen molar-refractivity contribution in [2.45, 2.75) is 13.3 Å². The molecule has 0 spiro atoms. The largest absolute Gasteiger partial charge is 0.497 e. The number of amides is 2. The van der Waals surface area contributed by atoms with Gasteiger partial charge in [-0.1, -0.05) is 30.3 Å². The molecule has 0 bridgehead atoms. The number of esters is 1.